The van der Waals surface area contributed by atoms with Crippen LogP contribution < -0.4 is 5.32 Å². The van der Waals surface area contributed by atoms with Crippen molar-refractivity contribution in [3.8, 4) is 11.1 Å². The molecule has 5 atom stereocenters. The van der Waals surface area contributed by atoms with E-state index in [1.165, 1.54) is 0 Å². The van der Waals surface area contributed by atoms with Crippen LogP contribution in [0.15, 0.2) is 48.5 Å². The molecule has 4 unspecified atom stereocenters. The number of hydrogen-bond acceptors (Lipinski definition) is 6. The number of carbonyl (C=O) groups excluding carboxylic acids is 1. The highest BCUT2D eigenvalue weighted by Crippen LogP contribution is 2.39. The Labute approximate surface area is 218 Å². The van der Waals surface area contributed by atoms with E-state index < -0.39 is 24.0 Å². The monoisotopic (exact) mass is 510 g/mol. The topological polar surface area (TPSA) is 119 Å². The molecular weight excluding hydrogens is 472 g/mol. The van der Waals surface area contributed by atoms with Gasteiger partial charge in [-0.25, -0.2) is 4.79 Å². The van der Waals surface area contributed by atoms with E-state index in [4.69, 9.17) is 4.84 Å². The van der Waals surface area contributed by atoms with Gasteiger partial charge in [0.15, 0.2) is 0 Å². The highest BCUT2D eigenvalue weighted by molar-refractivity contribution is 5.89. The first-order chi connectivity index (χ1) is 17.6. The summed E-state index contributed by atoms with van der Waals surface area (Å²) in [7, 11) is 0. The number of hydrogen-bond donors (Lipinski definition) is 4. The summed E-state index contributed by atoms with van der Waals surface area (Å²) in [6, 6.07) is 13.7. The predicted molar refractivity (Wildman–Crippen MR) is 139 cm³/mol. The normalized spacial score (nSPS) is 27.6. The van der Waals surface area contributed by atoms with Crippen molar-refractivity contribution < 1.29 is 29.7 Å². The average molecular weight is 511 g/mol. The lowest BCUT2D eigenvalue weighted by Gasteiger charge is -2.40. The van der Waals surface area contributed by atoms with Crippen molar-refractivity contribution in [2.75, 3.05) is 13.2 Å². The summed E-state index contributed by atoms with van der Waals surface area (Å²) in [6.45, 7) is 6.36. The van der Waals surface area contributed by atoms with E-state index in [0.29, 0.717) is 5.92 Å². The van der Waals surface area contributed by atoms with Crippen LogP contribution in [0.25, 0.3) is 11.1 Å². The summed E-state index contributed by atoms with van der Waals surface area (Å²) in [6.07, 6.45) is 2.28. The summed E-state index contributed by atoms with van der Waals surface area (Å²) < 4.78 is 0. The predicted octanol–water partition coefficient (Wildman–Crippen LogP) is 3.47. The van der Waals surface area contributed by atoms with Crippen molar-refractivity contribution in [3.05, 3.63) is 59.7 Å². The molecule has 8 nitrogen and oxygen atoms in total. The maximum Gasteiger partial charge on any atom is 0.335 e. The third-order valence-electron chi connectivity index (χ3n) is 7.85. The molecule has 1 heterocycles. The molecule has 4 rings (SSSR count). The van der Waals surface area contributed by atoms with E-state index in [1.54, 1.807) is 23.3 Å². The molecule has 2 aromatic carbocycles. The number of nitrogens with zero attached hydrogens (tertiary/aromatic N) is 1. The Morgan fingerprint density at radius 2 is 1.78 bits per heavy atom. The van der Waals surface area contributed by atoms with Gasteiger partial charge in [-0.1, -0.05) is 51.1 Å². The smallest absolute Gasteiger partial charge is 0.335 e. The van der Waals surface area contributed by atoms with Crippen molar-refractivity contribution in [3.63, 3.8) is 0 Å². The van der Waals surface area contributed by atoms with Gasteiger partial charge in [-0.2, -0.15) is 5.06 Å². The fourth-order valence-corrected chi connectivity index (χ4v) is 5.87. The van der Waals surface area contributed by atoms with Crippen LogP contribution in [0, 0.1) is 17.3 Å². The summed E-state index contributed by atoms with van der Waals surface area (Å²) in [5.74, 6) is -1.41. The molecule has 4 N–H and O–H groups in total. The summed E-state index contributed by atoms with van der Waals surface area (Å²) >= 11 is 0. The van der Waals surface area contributed by atoms with Crippen LogP contribution in [0.4, 0.5) is 0 Å². The lowest BCUT2D eigenvalue weighted by Crippen LogP contribution is -2.53. The van der Waals surface area contributed by atoms with Crippen LogP contribution in [-0.4, -0.2) is 63.7 Å². The first-order valence-corrected chi connectivity index (χ1v) is 13.0. The second kappa shape index (κ2) is 11.3. The van der Waals surface area contributed by atoms with Gasteiger partial charge >= 0.3 is 5.97 Å². The summed E-state index contributed by atoms with van der Waals surface area (Å²) in [5, 5.41) is 34.1. The second-order valence-electron chi connectivity index (χ2n) is 11.3. The highest BCUT2D eigenvalue weighted by atomic mass is 16.7. The van der Waals surface area contributed by atoms with Gasteiger partial charge in [-0.05, 0) is 65.5 Å². The minimum atomic E-state index is -0.988. The third-order valence-corrected chi connectivity index (χ3v) is 7.85. The number of carbonyl (C=O) groups is 2. The van der Waals surface area contributed by atoms with Crippen LogP contribution in [0.1, 0.15) is 56.0 Å². The van der Waals surface area contributed by atoms with Gasteiger partial charge in [0.1, 0.15) is 12.1 Å². The maximum atomic E-state index is 13.6. The highest BCUT2D eigenvalue weighted by Gasteiger charge is 2.47. The Morgan fingerprint density at radius 1 is 1.08 bits per heavy atom. The lowest BCUT2D eigenvalue weighted by atomic mass is 9.70. The van der Waals surface area contributed by atoms with Gasteiger partial charge < -0.3 is 20.6 Å². The molecule has 1 aliphatic heterocycles. The van der Waals surface area contributed by atoms with Gasteiger partial charge in [0.2, 0.25) is 5.91 Å². The fourth-order valence-electron chi connectivity index (χ4n) is 5.87. The molecule has 1 amide bonds. The number of carboxylic acid groups (broad SMARTS) is 1. The standard InChI is InChI=1S/C29H38N2O6/c1-18-14-29(2,3)11-10-24(18)30-27(34)26-23(16-32)25(17-33)37-31(26)15-19-6-4-7-20(12-19)21-8-5-9-22(13-21)28(35)36/h4-9,12-13,18,23-26,32-33H,10-11,14-17H2,1-3H3,(H,30,34)(H,35,36)/t18?,23?,24-,25?,26?/m0/s1. The number of rotatable bonds is 8. The zero-order chi connectivity index (χ0) is 26.7. The average Bonchev–Trinajstić information content (AvgIpc) is 3.23. The number of carboxylic acids is 1. The Bertz CT molecular complexity index is 1120. The molecule has 2 fully saturated rings. The number of aliphatic hydroxyl groups excluding tert-OH is 2. The third kappa shape index (κ3) is 6.21. The molecular formula is C29H38N2O6. The molecule has 200 valence electrons. The molecule has 8 heteroatoms. The SMILES string of the molecule is CC1CC(C)(C)CC[C@@H]1NC(=O)C1C(CO)C(CO)ON1Cc1cccc(-c2cccc(C(=O)O)c2)c1. The number of amides is 1. The van der Waals surface area contributed by atoms with E-state index in [0.717, 1.165) is 36.0 Å². The molecule has 2 aliphatic rings. The number of benzene rings is 2. The first kappa shape index (κ1) is 27.3. The Kier molecular flexibility index (Phi) is 8.33. The summed E-state index contributed by atoms with van der Waals surface area (Å²) in [5.41, 5.74) is 2.94. The van der Waals surface area contributed by atoms with Crippen molar-refractivity contribution in [2.45, 2.75) is 64.8 Å². The molecule has 0 spiro atoms. The van der Waals surface area contributed by atoms with E-state index >= 15 is 0 Å². The van der Waals surface area contributed by atoms with E-state index in [2.05, 4.69) is 26.1 Å². The molecule has 0 radical (unpaired) electrons. The largest absolute Gasteiger partial charge is 0.478 e. The minimum Gasteiger partial charge on any atom is -0.478 e. The van der Waals surface area contributed by atoms with E-state index in [1.807, 2.05) is 30.3 Å². The number of hydroxylamine groups is 2. The number of nitrogens with one attached hydrogen (secondary N) is 1. The van der Waals surface area contributed by atoms with Crippen LogP contribution in [-0.2, 0) is 16.2 Å². The van der Waals surface area contributed by atoms with Crippen molar-refractivity contribution >= 4 is 11.9 Å². The second-order valence-corrected chi connectivity index (χ2v) is 11.3. The molecule has 0 bridgehead atoms. The van der Waals surface area contributed by atoms with Gasteiger partial charge in [0.25, 0.3) is 0 Å². The maximum absolute atomic E-state index is 13.6. The van der Waals surface area contributed by atoms with E-state index in [-0.39, 0.29) is 42.7 Å². The molecule has 1 saturated heterocycles. The first-order valence-electron chi connectivity index (χ1n) is 13.0. The zero-order valence-corrected chi connectivity index (χ0v) is 21.8. The van der Waals surface area contributed by atoms with Crippen molar-refractivity contribution in [1.82, 2.24) is 10.4 Å². The Balaban J connectivity index is 1.54. The fraction of sp³-hybridized carbons (Fsp3) is 0.517. The molecule has 0 aromatic heterocycles. The van der Waals surface area contributed by atoms with Crippen LogP contribution in [0.3, 0.4) is 0 Å². The van der Waals surface area contributed by atoms with Gasteiger partial charge in [-0.3, -0.25) is 9.63 Å². The molecule has 1 aliphatic carbocycles. The van der Waals surface area contributed by atoms with Gasteiger partial charge in [0, 0.05) is 12.0 Å². The van der Waals surface area contributed by atoms with E-state index in [9.17, 15) is 24.9 Å². The van der Waals surface area contributed by atoms with Crippen molar-refractivity contribution in [1.29, 1.82) is 0 Å². The molecule has 37 heavy (non-hydrogen) atoms. The number of aromatic carboxylic acids is 1. The zero-order valence-electron chi connectivity index (χ0n) is 21.8. The van der Waals surface area contributed by atoms with Crippen molar-refractivity contribution in [2.24, 2.45) is 17.3 Å². The Morgan fingerprint density at radius 3 is 2.43 bits per heavy atom. The van der Waals surface area contributed by atoms with Crippen LogP contribution in [0.5, 0.6) is 0 Å². The quantitative estimate of drug-likeness (QED) is 0.429. The summed E-state index contributed by atoms with van der Waals surface area (Å²) in [4.78, 5) is 30.9. The number of aliphatic hydroxyl groups is 2. The van der Waals surface area contributed by atoms with Gasteiger partial charge in [-0.15, -0.1) is 0 Å². The minimum absolute atomic E-state index is 0.0553. The molecule has 1 saturated carbocycles. The molecule has 2 aromatic rings. The van der Waals surface area contributed by atoms with Gasteiger partial charge in [0.05, 0.1) is 25.3 Å². The van der Waals surface area contributed by atoms with Crippen LogP contribution >= 0.6 is 0 Å². The Hall–Kier alpha value is -2.78. The van der Waals surface area contributed by atoms with Crippen LogP contribution in [0.2, 0.25) is 0 Å². The lowest BCUT2D eigenvalue weighted by molar-refractivity contribution is -0.182.